The van der Waals surface area contributed by atoms with E-state index >= 15 is 0 Å². The Morgan fingerprint density at radius 2 is 1.73 bits per heavy atom. The molecular formula is C33H54O4. The van der Waals surface area contributed by atoms with Crippen LogP contribution in [0.2, 0.25) is 0 Å². The molecule has 0 spiro atoms. The summed E-state index contributed by atoms with van der Waals surface area (Å²) in [6, 6.07) is 0. The van der Waals surface area contributed by atoms with E-state index in [0.717, 1.165) is 54.8 Å². The third-order valence-electron chi connectivity index (χ3n) is 11.6. The lowest BCUT2D eigenvalue weighted by molar-refractivity contribution is -0.152. The average molecular weight is 515 g/mol. The highest BCUT2D eigenvalue weighted by Crippen LogP contribution is 2.67. The van der Waals surface area contributed by atoms with Crippen LogP contribution < -0.4 is 0 Å². The Hall–Kier alpha value is -1.32. The number of rotatable bonds is 11. The van der Waals surface area contributed by atoms with Gasteiger partial charge in [-0.15, -0.1) is 0 Å². The van der Waals surface area contributed by atoms with Crippen molar-refractivity contribution in [2.75, 3.05) is 0 Å². The van der Waals surface area contributed by atoms with Crippen molar-refractivity contribution in [3.8, 4) is 0 Å². The zero-order valence-electron chi connectivity index (χ0n) is 24.4. The topological polar surface area (TPSA) is 63.6 Å². The molecule has 0 heterocycles. The van der Waals surface area contributed by atoms with Gasteiger partial charge in [-0.1, -0.05) is 65.5 Å². The number of hydrogen-bond donors (Lipinski definition) is 1. The van der Waals surface area contributed by atoms with Gasteiger partial charge in [-0.3, -0.25) is 9.59 Å². The molecule has 4 rings (SSSR count). The maximum absolute atomic E-state index is 12.4. The Morgan fingerprint density at radius 1 is 0.973 bits per heavy atom. The van der Waals surface area contributed by atoms with Crippen LogP contribution >= 0.6 is 0 Å². The first-order chi connectivity index (χ1) is 17.5. The lowest BCUT2D eigenvalue weighted by Gasteiger charge is -2.58. The molecule has 37 heavy (non-hydrogen) atoms. The van der Waals surface area contributed by atoms with Crippen LogP contribution in [-0.4, -0.2) is 23.1 Å². The number of carboxylic acids is 1. The van der Waals surface area contributed by atoms with Crippen molar-refractivity contribution in [1.29, 1.82) is 0 Å². The highest BCUT2D eigenvalue weighted by molar-refractivity contribution is 5.70. The molecule has 4 nitrogen and oxygen atoms in total. The van der Waals surface area contributed by atoms with Crippen molar-refractivity contribution in [2.24, 2.45) is 46.3 Å². The van der Waals surface area contributed by atoms with Gasteiger partial charge in [0.05, 0.1) is 0 Å². The summed E-state index contributed by atoms with van der Waals surface area (Å²) in [6.45, 7) is 12.5. The van der Waals surface area contributed by atoms with E-state index in [0.29, 0.717) is 24.7 Å². The minimum absolute atomic E-state index is 0.000690. The molecule has 0 amide bonds. The van der Waals surface area contributed by atoms with Crippen LogP contribution in [0.4, 0.5) is 0 Å². The molecule has 0 aromatic heterocycles. The van der Waals surface area contributed by atoms with Crippen LogP contribution in [0, 0.1) is 46.3 Å². The van der Waals surface area contributed by atoms with Gasteiger partial charge in [0.2, 0.25) is 0 Å². The second-order valence-corrected chi connectivity index (χ2v) is 14.2. The summed E-state index contributed by atoms with van der Waals surface area (Å²) in [5, 5.41) is 8.78. The van der Waals surface area contributed by atoms with Gasteiger partial charge in [-0.05, 0) is 104 Å². The van der Waals surface area contributed by atoms with Crippen molar-refractivity contribution in [3.63, 3.8) is 0 Å². The van der Waals surface area contributed by atoms with Crippen molar-refractivity contribution < 1.29 is 19.4 Å². The van der Waals surface area contributed by atoms with Gasteiger partial charge in [-0.2, -0.15) is 0 Å². The van der Waals surface area contributed by atoms with Gasteiger partial charge in [0.25, 0.3) is 0 Å². The van der Waals surface area contributed by atoms with Gasteiger partial charge >= 0.3 is 11.9 Å². The number of carboxylic acid groups (broad SMARTS) is 1. The Balaban J connectivity index is 1.35. The Morgan fingerprint density at radius 3 is 2.46 bits per heavy atom. The number of carbonyl (C=O) groups is 2. The number of carbonyl (C=O) groups excluding carboxylic acids is 1. The molecule has 4 aliphatic rings. The number of allylic oxidation sites excluding steroid dienone is 1. The van der Waals surface area contributed by atoms with E-state index in [1.807, 2.05) is 0 Å². The summed E-state index contributed by atoms with van der Waals surface area (Å²) in [7, 11) is 0. The lowest BCUT2D eigenvalue weighted by atomic mass is 9.47. The Kier molecular flexibility index (Phi) is 9.17. The smallest absolute Gasteiger partial charge is 0.306 e. The highest BCUT2D eigenvalue weighted by Gasteiger charge is 2.59. The second kappa shape index (κ2) is 11.8. The van der Waals surface area contributed by atoms with Crippen LogP contribution in [0.3, 0.4) is 0 Å². The van der Waals surface area contributed by atoms with E-state index < -0.39 is 5.97 Å². The molecule has 3 fully saturated rings. The van der Waals surface area contributed by atoms with E-state index in [1.54, 1.807) is 5.57 Å². The molecule has 0 bridgehead atoms. The number of aliphatic carboxylic acids is 1. The number of esters is 1. The first kappa shape index (κ1) is 28.7. The SMILES string of the molecule is CC(C)CCC[C@@H](C)[C@H]1CC[C@H]2[C@@H]3CC=C4C[C@@H](OC(=O)CCCCC(=O)O)CC[C@]4(C)[C@H]3CC[C@]12C. The molecule has 210 valence electrons. The first-order valence-corrected chi connectivity index (χ1v) is 15.7. The fourth-order valence-electron chi connectivity index (χ4n) is 9.54. The zero-order chi connectivity index (χ0) is 26.8. The van der Waals surface area contributed by atoms with E-state index in [1.165, 1.54) is 51.4 Å². The molecular weight excluding hydrogens is 460 g/mol. The molecule has 8 atom stereocenters. The maximum atomic E-state index is 12.4. The fourth-order valence-corrected chi connectivity index (χ4v) is 9.54. The molecule has 1 N–H and O–H groups in total. The number of unbranched alkanes of at least 4 members (excludes halogenated alkanes) is 1. The second-order valence-electron chi connectivity index (χ2n) is 14.2. The van der Waals surface area contributed by atoms with Crippen LogP contribution in [0.5, 0.6) is 0 Å². The molecule has 3 saturated carbocycles. The van der Waals surface area contributed by atoms with Crippen LogP contribution in [0.15, 0.2) is 11.6 Å². The third kappa shape index (κ3) is 6.14. The van der Waals surface area contributed by atoms with Crippen LogP contribution in [0.1, 0.15) is 131 Å². The van der Waals surface area contributed by atoms with Crippen LogP contribution in [-0.2, 0) is 14.3 Å². The van der Waals surface area contributed by atoms with Gasteiger partial charge in [0.15, 0.2) is 0 Å². The third-order valence-corrected chi connectivity index (χ3v) is 11.6. The van der Waals surface area contributed by atoms with E-state index in [-0.39, 0.29) is 23.9 Å². The number of fused-ring (bicyclic) bond motifs is 5. The van der Waals surface area contributed by atoms with Gasteiger partial charge in [0.1, 0.15) is 6.10 Å². The largest absolute Gasteiger partial charge is 0.481 e. The molecule has 0 unspecified atom stereocenters. The van der Waals surface area contributed by atoms with Crippen molar-refractivity contribution in [1.82, 2.24) is 0 Å². The normalized spacial score (nSPS) is 37.8. The summed E-state index contributed by atoms with van der Waals surface area (Å²) in [5.41, 5.74) is 2.35. The fraction of sp³-hybridized carbons (Fsp3) is 0.879. The predicted octanol–water partition coefficient (Wildman–Crippen LogP) is 8.58. The molecule has 4 aliphatic carbocycles. The molecule has 0 aromatic rings. The van der Waals surface area contributed by atoms with Gasteiger partial charge < -0.3 is 9.84 Å². The molecule has 0 aliphatic heterocycles. The van der Waals surface area contributed by atoms with Crippen LogP contribution in [0.25, 0.3) is 0 Å². The number of ether oxygens (including phenoxy) is 1. The van der Waals surface area contributed by atoms with E-state index in [9.17, 15) is 9.59 Å². The van der Waals surface area contributed by atoms with Crippen molar-refractivity contribution >= 4 is 11.9 Å². The lowest BCUT2D eigenvalue weighted by Crippen LogP contribution is -2.51. The molecule has 0 saturated heterocycles. The predicted molar refractivity (Wildman–Crippen MR) is 149 cm³/mol. The summed E-state index contributed by atoms with van der Waals surface area (Å²) in [6.07, 6.45) is 18.2. The standard InChI is InChI=1S/C33H54O4/c1-22(2)9-8-10-23(3)27-15-16-28-26-14-13-24-21-25(37-31(36)12-7-6-11-30(34)35)17-19-32(24,4)29(26)18-20-33(27,28)5/h13,22-23,25-29H,6-12,14-21H2,1-5H3,(H,34,35)/t23-,25+,26+,27-,28+,29+,32+,33-/m1/s1. The van der Waals surface area contributed by atoms with Gasteiger partial charge in [0, 0.05) is 19.3 Å². The number of hydrogen-bond acceptors (Lipinski definition) is 3. The van der Waals surface area contributed by atoms with E-state index in [4.69, 9.17) is 9.84 Å². The van der Waals surface area contributed by atoms with Crippen molar-refractivity contribution in [3.05, 3.63) is 11.6 Å². The van der Waals surface area contributed by atoms with Crippen molar-refractivity contribution in [2.45, 2.75) is 137 Å². The molecule has 0 aromatic carbocycles. The Labute approximate surface area is 226 Å². The van der Waals surface area contributed by atoms with Gasteiger partial charge in [-0.25, -0.2) is 0 Å². The van der Waals surface area contributed by atoms with E-state index in [2.05, 4.69) is 40.7 Å². The average Bonchev–Trinajstić information content (AvgIpc) is 3.19. The Bertz CT molecular complexity index is 845. The minimum Gasteiger partial charge on any atom is -0.481 e. The highest BCUT2D eigenvalue weighted by atomic mass is 16.5. The monoisotopic (exact) mass is 514 g/mol. The first-order valence-electron chi connectivity index (χ1n) is 15.7. The molecule has 0 radical (unpaired) electrons. The zero-order valence-corrected chi connectivity index (χ0v) is 24.4. The summed E-state index contributed by atoms with van der Waals surface area (Å²) < 4.78 is 5.87. The summed E-state index contributed by atoms with van der Waals surface area (Å²) in [5.74, 6) is 4.11. The minimum atomic E-state index is -0.797. The summed E-state index contributed by atoms with van der Waals surface area (Å²) in [4.78, 5) is 23.1. The molecule has 4 heteroatoms. The summed E-state index contributed by atoms with van der Waals surface area (Å²) >= 11 is 0. The quantitative estimate of drug-likeness (QED) is 0.170. The maximum Gasteiger partial charge on any atom is 0.306 e.